The van der Waals surface area contributed by atoms with Crippen LogP contribution in [0.5, 0.6) is 0 Å². The molecule has 0 aromatic heterocycles. The molecule has 0 saturated heterocycles. The summed E-state index contributed by atoms with van der Waals surface area (Å²) in [5, 5.41) is 3.11. The van der Waals surface area contributed by atoms with E-state index < -0.39 is 0 Å². The van der Waals surface area contributed by atoms with E-state index in [1.807, 2.05) is 56.3 Å². The number of carbonyl (C=O) groups is 1. The normalized spacial score (nSPS) is 12.2. The number of hydrogen-bond donors (Lipinski definition) is 2. The molecule has 0 saturated carbocycles. The van der Waals surface area contributed by atoms with Crippen molar-refractivity contribution in [3.05, 3.63) is 71.3 Å². The lowest BCUT2D eigenvalue weighted by Gasteiger charge is -2.28. The van der Waals surface area contributed by atoms with Crippen molar-refractivity contribution in [1.29, 1.82) is 0 Å². The first kappa shape index (κ1) is 20.2. The molecular weight excluding hydrogens is 320 g/mol. The molecule has 1 unspecified atom stereocenters. The summed E-state index contributed by atoms with van der Waals surface area (Å²) in [5.74, 6) is -0.0139. The van der Waals surface area contributed by atoms with Crippen LogP contribution in [-0.4, -0.2) is 11.4 Å². The standard InChI is InChI=1S/C20H26N2O.ClH/c1-15-9-7-8-12-17(15)14-20(2,3)22-19(23)13-18(21)16-10-5-4-6-11-16;/h4-12,18H,13-14,21H2,1-3H3,(H,22,23);1H. The smallest absolute Gasteiger partial charge is 0.222 e. The number of nitrogens with one attached hydrogen (secondary N) is 1. The van der Waals surface area contributed by atoms with E-state index in [2.05, 4.69) is 24.4 Å². The third kappa shape index (κ3) is 5.99. The van der Waals surface area contributed by atoms with Crippen molar-refractivity contribution in [3.63, 3.8) is 0 Å². The largest absolute Gasteiger partial charge is 0.351 e. The van der Waals surface area contributed by atoms with Crippen LogP contribution < -0.4 is 11.1 Å². The maximum Gasteiger partial charge on any atom is 0.222 e. The quantitative estimate of drug-likeness (QED) is 0.832. The lowest BCUT2D eigenvalue weighted by atomic mass is 9.92. The zero-order valence-corrected chi connectivity index (χ0v) is 15.4. The first-order valence-corrected chi connectivity index (χ1v) is 8.03. The fourth-order valence-corrected chi connectivity index (χ4v) is 2.78. The van der Waals surface area contributed by atoms with Crippen LogP contribution in [-0.2, 0) is 11.2 Å². The maximum absolute atomic E-state index is 12.3. The van der Waals surface area contributed by atoms with E-state index in [-0.39, 0.29) is 29.9 Å². The molecule has 2 rings (SSSR count). The number of nitrogens with two attached hydrogens (primary N) is 1. The maximum atomic E-state index is 12.3. The number of halogens is 1. The minimum Gasteiger partial charge on any atom is -0.351 e. The lowest BCUT2D eigenvalue weighted by Crippen LogP contribution is -2.46. The Morgan fingerprint density at radius 2 is 1.67 bits per heavy atom. The molecule has 3 N–H and O–H groups in total. The van der Waals surface area contributed by atoms with Crippen molar-refractivity contribution >= 4 is 18.3 Å². The topological polar surface area (TPSA) is 55.1 Å². The van der Waals surface area contributed by atoms with Gasteiger partial charge in [0.15, 0.2) is 0 Å². The molecular formula is C20H27ClN2O. The van der Waals surface area contributed by atoms with E-state index in [4.69, 9.17) is 5.73 Å². The molecule has 0 bridgehead atoms. The molecule has 4 heteroatoms. The van der Waals surface area contributed by atoms with E-state index >= 15 is 0 Å². The minimum absolute atomic E-state index is 0. The molecule has 0 spiro atoms. The second-order valence-electron chi connectivity index (χ2n) is 6.76. The van der Waals surface area contributed by atoms with Crippen LogP contribution in [0.2, 0.25) is 0 Å². The van der Waals surface area contributed by atoms with Crippen molar-refractivity contribution in [2.75, 3.05) is 0 Å². The van der Waals surface area contributed by atoms with Gasteiger partial charge in [0.25, 0.3) is 0 Å². The Morgan fingerprint density at radius 1 is 1.08 bits per heavy atom. The predicted molar refractivity (Wildman–Crippen MR) is 102 cm³/mol. The van der Waals surface area contributed by atoms with Gasteiger partial charge < -0.3 is 11.1 Å². The minimum atomic E-state index is -0.306. The summed E-state index contributed by atoms with van der Waals surface area (Å²) in [6, 6.07) is 17.7. The Bertz CT molecular complexity index is 656. The van der Waals surface area contributed by atoms with Gasteiger partial charge in [-0.25, -0.2) is 0 Å². The van der Waals surface area contributed by atoms with Crippen LogP contribution in [0.3, 0.4) is 0 Å². The van der Waals surface area contributed by atoms with Gasteiger partial charge in [-0.2, -0.15) is 0 Å². The van der Waals surface area contributed by atoms with E-state index in [9.17, 15) is 4.79 Å². The van der Waals surface area contributed by atoms with Gasteiger partial charge in [-0.05, 0) is 43.9 Å². The fourth-order valence-electron chi connectivity index (χ4n) is 2.78. The van der Waals surface area contributed by atoms with Gasteiger partial charge in [0.2, 0.25) is 5.91 Å². The lowest BCUT2D eigenvalue weighted by molar-refractivity contribution is -0.123. The monoisotopic (exact) mass is 346 g/mol. The number of hydrogen-bond acceptors (Lipinski definition) is 2. The highest BCUT2D eigenvalue weighted by molar-refractivity contribution is 5.85. The fraction of sp³-hybridized carbons (Fsp3) is 0.350. The molecule has 2 aromatic carbocycles. The van der Waals surface area contributed by atoms with Gasteiger partial charge in [0.05, 0.1) is 0 Å². The molecule has 0 aliphatic heterocycles. The third-order valence-electron chi connectivity index (χ3n) is 4.00. The van der Waals surface area contributed by atoms with Crippen molar-refractivity contribution in [3.8, 4) is 0 Å². The van der Waals surface area contributed by atoms with Crippen LogP contribution >= 0.6 is 12.4 Å². The molecule has 0 fully saturated rings. The molecule has 1 atom stereocenters. The van der Waals surface area contributed by atoms with E-state index in [1.165, 1.54) is 11.1 Å². The third-order valence-corrected chi connectivity index (χ3v) is 4.00. The van der Waals surface area contributed by atoms with Gasteiger partial charge >= 0.3 is 0 Å². The Morgan fingerprint density at radius 3 is 2.29 bits per heavy atom. The summed E-state index contributed by atoms with van der Waals surface area (Å²) in [6.07, 6.45) is 1.09. The van der Waals surface area contributed by atoms with Gasteiger partial charge in [0, 0.05) is 18.0 Å². The summed E-state index contributed by atoms with van der Waals surface area (Å²) >= 11 is 0. The Kier molecular flexibility index (Phi) is 7.46. The SMILES string of the molecule is Cc1ccccc1CC(C)(C)NC(=O)CC(N)c1ccccc1.Cl. The number of carbonyl (C=O) groups excluding carboxylic acids is 1. The summed E-state index contributed by atoms with van der Waals surface area (Å²) in [4.78, 5) is 12.3. The first-order chi connectivity index (χ1) is 10.9. The Hall–Kier alpha value is -1.84. The highest BCUT2D eigenvalue weighted by Crippen LogP contribution is 2.18. The Balaban J connectivity index is 0.00000288. The summed E-state index contributed by atoms with van der Waals surface area (Å²) in [7, 11) is 0. The van der Waals surface area contributed by atoms with Crippen molar-refractivity contribution in [2.45, 2.75) is 45.2 Å². The summed E-state index contributed by atoms with van der Waals surface area (Å²) in [6.45, 7) is 6.19. The molecule has 1 amide bonds. The van der Waals surface area contributed by atoms with E-state index in [0.717, 1.165) is 12.0 Å². The molecule has 0 aliphatic carbocycles. The number of aryl methyl sites for hydroxylation is 1. The van der Waals surface area contributed by atoms with Gasteiger partial charge in [-0.3, -0.25) is 4.79 Å². The average molecular weight is 347 g/mol. The summed E-state index contributed by atoms with van der Waals surface area (Å²) < 4.78 is 0. The number of benzene rings is 2. The summed E-state index contributed by atoms with van der Waals surface area (Å²) in [5.41, 5.74) is 9.31. The predicted octanol–water partition coefficient (Wildman–Crippen LogP) is 3.94. The van der Waals surface area contributed by atoms with Gasteiger partial charge in [-0.1, -0.05) is 54.6 Å². The van der Waals surface area contributed by atoms with Crippen LogP contribution in [0.4, 0.5) is 0 Å². The molecule has 24 heavy (non-hydrogen) atoms. The average Bonchev–Trinajstić information content (AvgIpc) is 2.49. The van der Waals surface area contributed by atoms with Crippen LogP contribution in [0, 0.1) is 6.92 Å². The van der Waals surface area contributed by atoms with Crippen LogP contribution in [0.25, 0.3) is 0 Å². The Labute approximate surface area is 151 Å². The molecule has 2 aromatic rings. The first-order valence-electron chi connectivity index (χ1n) is 8.03. The zero-order valence-electron chi connectivity index (χ0n) is 14.6. The highest BCUT2D eigenvalue weighted by atomic mass is 35.5. The van der Waals surface area contributed by atoms with E-state index in [1.54, 1.807) is 0 Å². The van der Waals surface area contributed by atoms with Gasteiger partial charge in [-0.15, -0.1) is 12.4 Å². The van der Waals surface area contributed by atoms with E-state index in [0.29, 0.717) is 6.42 Å². The molecule has 0 radical (unpaired) electrons. The molecule has 3 nitrogen and oxygen atoms in total. The highest BCUT2D eigenvalue weighted by Gasteiger charge is 2.23. The molecule has 130 valence electrons. The number of rotatable bonds is 6. The second-order valence-corrected chi connectivity index (χ2v) is 6.76. The van der Waals surface area contributed by atoms with Crippen molar-refractivity contribution in [1.82, 2.24) is 5.32 Å². The number of amides is 1. The zero-order chi connectivity index (χ0) is 16.9. The molecule has 0 heterocycles. The van der Waals surface area contributed by atoms with Gasteiger partial charge in [0.1, 0.15) is 0 Å². The van der Waals surface area contributed by atoms with Crippen LogP contribution in [0.1, 0.15) is 43.0 Å². The van der Waals surface area contributed by atoms with Crippen molar-refractivity contribution in [2.24, 2.45) is 5.73 Å². The second kappa shape index (κ2) is 8.86. The molecule has 0 aliphatic rings. The van der Waals surface area contributed by atoms with Crippen molar-refractivity contribution < 1.29 is 4.79 Å². The van der Waals surface area contributed by atoms with Crippen LogP contribution in [0.15, 0.2) is 54.6 Å².